The maximum atomic E-state index is 12.7. The van der Waals surface area contributed by atoms with Crippen LogP contribution in [0.1, 0.15) is 11.1 Å². The molecule has 0 spiro atoms. The Labute approximate surface area is 108 Å². The molecule has 0 fully saturated rings. The van der Waals surface area contributed by atoms with Crippen LogP contribution in [0.3, 0.4) is 0 Å². The van der Waals surface area contributed by atoms with Gasteiger partial charge in [-0.2, -0.15) is 26.3 Å². The first kappa shape index (κ1) is 14.2. The van der Waals surface area contributed by atoms with Crippen molar-refractivity contribution in [2.75, 3.05) is 0 Å². The zero-order chi connectivity index (χ0) is 15.0. The Bertz CT molecular complexity index is 588. The van der Waals surface area contributed by atoms with Gasteiger partial charge >= 0.3 is 12.4 Å². The van der Waals surface area contributed by atoms with Gasteiger partial charge in [0, 0.05) is 0 Å². The second-order valence-electron chi connectivity index (χ2n) is 3.64. The van der Waals surface area contributed by atoms with Gasteiger partial charge in [-0.25, -0.2) is 0 Å². The number of rotatable bonds is 2. The van der Waals surface area contributed by atoms with E-state index in [2.05, 4.69) is 11.3 Å². The number of hydrogen-bond acceptors (Lipinski definition) is 2. The molecule has 0 amide bonds. The molecule has 0 aliphatic heterocycles. The Morgan fingerprint density at radius 2 is 1.65 bits per heavy atom. The van der Waals surface area contributed by atoms with Gasteiger partial charge in [-0.05, 0) is 24.3 Å². The second-order valence-corrected chi connectivity index (χ2v) is 3.64. The number of alkyl halides is 6. The molecule has 0 saturated heterocycles. The summed E-state index contributed by atoms with van der Waals surface area (Å²) in [5.41, 5.74) is -3.59. The Kier molecular flexibility index (Phi) is 3.36. The van der Waals surface area contributed by atoms with Crippen LogP contribution in [0.25, 0.3) is 0 Å². The van der Waals surface area contributed by atoms with Crippen molar-refractivity contribution in [3.8, 4) is 5.75 Å². The fraction of sp³-hybridized carbons (Fsp3) is 0.182. The lowest BCUT2D eigenvalue weighted by Gasteiger charge is -2.16. The van der Waals surface area contributed by atoms with Crippen LogP contribution in [0.4, 0.5) is 26.3 Å². The van der Waals surface area contributed by atoms with Gasteiger partial charge in [0.25, 0.3) is 0 Å². The standard InChI is InChI=1S/C11H5F6N2O/c12-10(13,14)8-3-2-7(6-9(8)11(15,16)17)20-19-5-1-4-18-19/h1-3,5-6H. The highest BCUT2D eigenvalue weighted by molar-refractivity contribution is 5.39. The molecule has 3 nitrogen and oxygen atoms in total. The second kappa shape index (κ2) is 4.73. The van der Waals surface area contributed by atoms with E-state index in [4.69, 9.17) is 4.84 Å². The normalized spacial score (nSPS) is 12.5. The maximum absolute atomic E-state index is 12.7. The molecule has 20 heavy (non-hydrogen) atoms. The van der Waals surface area contributed by atoms with E-state index in [0.717, 1.165) is 10.9 Å². The summed E-state index contributed by atoms with van der Waals surface area (Å²) < 4.78 is 75.5. The molecule has 0 saturated carbocycles. The number of hydrogen-bond donors (Lipinski definition) is 0. The van der Waals surface area contributed by atoms with Crippen molar-refractivity contribution in [1.29, 1.82) is 0 Å². The summed E-state index contributed by atoms with van der Waals surface area (Å²) in [7, 11) is 0. The molecule has 0 atom stereocenters. The molecule has 9 heteroatoms. The maximum Gasteiger partial charge on any atom is 0.417 e. The molecule has 107 valence electrons. The Balaban J connectivity index is 2.44. The Hall–Kier alpha value is -2.19. The molecular weight excluding hydrogens is 290 g/mol. The van der Waals surface area contributed by atoms with Crippen molar-refractivity contribution in [2.45, 2.75) is 12.4 Å². The third-order valence-corrected chi connectivity index (χ3v) is 2.23. The molecule has 0 aliphatic carbocycles. The molecule has 1 radical (unpaired) electrons. The van der Waals surface area contributed by atoms with Gasteiger partial charge in [-0.15, -0.1) is 5.10 Å². The largest absolute Gasteiger partial charge is 0.417 e. The predicted molar refractivity (Wildman–Crippen MR) is 53.5 cm³/mol. The minimum absolute atomic E-state index is 0.268. The van der Waals surface area contributed by atoms with Crippen molar-refractivity contribution in [3.63, 3.8) is 0 Å². The number of halogens is 6. The quantitative estimate of drug-likeness (QED) is 0.792. The molecular formula is C11H5F6N2O. The van der Waals surface area contributed by atoms with Crippen molar-refractivity contribution in [1.82, 2.24) is 9.94 Å². The van der Waals surface area contributed by atoms with E-state index in [1.54, 1.807) is 0 Å². The van der Waals surface area contributed by atoms with Crippen LogP contribution in [-0.2, 0) is 12.4 Å². The first-order valence-electron chi connectivity index (χ1n) is 5.06. The molecule has 0 bridgehead atoms. The Morgan fingerprint density at radius 3 is 2.15 bits per heavy atom. The fourth-order valence-corrected chi connectivity index (χ4v) is 1.44. The lowest BCUT2D eigenvalue weighted by molar-refractivity contribution is -0.162. The minimum atomic E-state index is -5.15. The lowest BCUT2D eigenvalue weighted by Crippen LogP contribution is -2.17. The SMILES string of the molecule is FC(F)(F)c1ccc(On2cc[c]n2)cc1C(F)(F)F. The summed E-state index contributed by atoms with van der Waals surface area (Å²) in [5, 5.41) is 3.44. The van der Waals surface area contributed by atoms with Crippen LogP contribution in [0, 0.1) is 6.20 Å². The van der Waals surface area contributed by atoms with Crippen LogP contribution in [-0.4, -0.2) is 9.94 Å². The van der Waals surface area contributed by atoms with Gasteiger partial charge in [0.15, 0.2) is 5.75 Å². The van der Waals surface area contributed by atoms with Crippen LogP contribution in [0.15, 0.2) is 30.5 Å². The summed E-state index contributed by atoms with van der Waals surface area (Å²) in [6.07, 6.45) is -6.72. The number of benzene rings is 1. The zero-order valence-electron chi connectivity index (χ0n) is 9.46. The summed E-state index contributed by atoms with van der Waals surface area (Å²) in [6, 6.07) is 2.67. The van der Waals surface area contributed by atoms with Crippen molar-refractivity contribution >= 4 is 0 Å². The first-order chi connectivity index (χ1) is 9.18. The zero-order valence-corrected chi connectivity index (χ0v) is 9.46. The monoisotopic (exact) mass is 295 g/mol. The molecule has 1 heterocycles. The van der Waals surface area contributed by atoms with Gasteiger partial charge < -0.3 is 4.84 Å². The van der Waals surface area contributed by atoms with E-state index < -0.39 is 29.2 Å². The molecule has 1 aromatic heterocycles. The van der Waals surface area contributed by atoms with E-state index in [0.29, 0.717) is 6.07 Å². The smallest absolute Gasteiger partial charge is 0.358 e. The molecule has 0 unspecified atom stereocenters. The van der Waals surface area contributed by atoms with Gasteiger partial charge in [0.05, 0.1) is 17.3 Å². The average Bonchev–Trinajstić information content (AvgIpc) is 2.79. The molecule has 2 rings (SSSR count). The highest BCUT2D eigenvalue weighted by Crippen LogP contribution is 2.41. The van der Waals surface area contributed by atoms with E-state index in [1.807, 2.05) is 0 Å². The van der Waals surface area contributed by atoms with Gasteiger partial charge in [0.1, 0.15) is 6.20 Å². The first-order valence-corrected chi connectivity index (χ1v) is 5.06. The van der Waals surface area contributed by atoms with Gasteiger partial charge in [-0.1, -0.05) is 4.85 Å². The molecule has 1 aromatic carbocycles. The van der Waals surface area contributed by atoms with Crippen molar-refractivity contribution < 1.29 is 31.2 Å². The topological polar surface area (TPSA) is 27.1 Å². The minimum Gasteiger partial charge on any atom is -0.358 e. The summed E-state index contributed by atoms with van der Waals surface area (Å²) in [4.78, 5) is 5.60. The van der Waals surface area contributed by atoms with Gasteiger partial charge in [-0.3, -0.25) is 0 Å². The average molecular weight is 295 g/mol. The van der Waals surface area contributed by atoms with E-state index in [9.17, 15) is 26.3 Å². The predicted octanol–water partition coefficient (Wildman–Crippen LogP) is 3.56. The molecule has 0 N–H and O–H groups in total. The van der Waals surface area contributed by atoms with Crippen LogP contribution < -0.4 is 4.84 Å². The van der Waals surface area contributed by atoms with E-state index >= 15 is 0 Å². The van der Waals surface area contributed by atoms with E-state index in [1.165, 1.54) is 12.3 Å². The molecule has 0 aliphatic rings. The van der Waals surface area contributed by atoms with E-state index in [-0.39, 0.29) is 6.07 Å². The highest BCUT2D eigenvalue weighted by Gasteiger charge is 2.43. The third-order valence-electron chi connectivity index (χ3n) is 2.23. The Morgan fingerprint density at radius 1 is 1.00 bits per heavy atom. The summed E-state index contributed by atoms with van der Waals surface area (Å²) in [6.45, 7) is 0. The van der Waals surface area contributed by atoms with Crippen molar-refractivity contribution in [3.05, 3.63) is 47.8 Å². The summed E-state index contributed by atoms with van der Waals surface area (Å²) in [5.74, 6) is -0.428. The fourth-order valence-electron chi connectivity index (χ4n) is 1.44. The number of aromatic nitrogens is 2. The highest BCUT2D eigenvalue weighted by atomic mass is 19.4. The van der Waals surface area contributed by atoms with Gasteiger partial charge in [0.2, 0.25) is 0 Å². The van der Waals surface area contributed by atoms with Crippen LogP contribution in [0.5, 0.6) is 5.75 Å². The molecule has 2 aromatic rings. The third kappa shape index (κ3) is 3.03. The number of nitrogens with zero attached hydrogens (tertiary/aromatic N) is 2. The van der Waals surface area contributed by atoms with Crippen LogP contribution in [0.2, 0.25) is 0 Å². The van der Waals surface area contributed by atoms with Crippen LogP contribution >= 0.6 is 0 Å². The lowest BCUT2D eigenvalue weighted by atomic mass is 10.1. The van der Waals surface area contributed by atoms with Crippen molar-refractivity contribution in [2.24, 2.45) is 0 Å². The summed E-state index contributed by atoms with van der Waals surface area (Å²) >= 11 is 0.